The van der Waals surface area contributed by atoms with Crippen LogP contribution in [-0.4, -0.2) is 13.1 Å². The minimum absolute atomic E-state index is 0.0474. The van der Waals surface area contributed by atoms with Crippen LogP contribution in [0.3, 0.4) is 0 Å². The van der Waals surface area contributed by atoms with Gasteiger partial charge in [-0.3, -0.25) is 4.98 Å². The third kappa shape index (κ3) is 3.86. The van der Waals surface area contributed by atoms with Crippen LogP contribution in [0.4, 0.5) is 0 Å². The maximum absolute atomic E-state index is 8.67. The molecular weight excluding hydrogens is 282 g/mol. The van der Waals surface area contributed by atoms with E-state index in [-0.39, 0.29) is 17.0 Å². The van der Waals surface area contributed by atoms with Crippen LogP contribution in [0, 0.1) is 19.6 Å². The maximum Gasteiger partial charge on any atom is 0.0799 e. The van der Waals surface area contributed by atoms with E-state index in [0.29, 0.717) is 16.8 Å². The van der Waals surface area contributed by atoms with Gasteiger partial charge >= 0.3 is 0 Å². The minimum Gasteiger partial charge on any atom is -0.256 e. The molecule has 0 amide bonds. The van der Waals surface area contributed by atoms with Gasteiger partial charge in [0.05, 0.1) is 13.8 Å². The highest BCUT2D eigenvalue weighted by molar-refractivity contribution is 6.89. The second-order valence-electron chi connectivity index (χ2n) is 6.92. The SMILES string of the molecule is [2H]C([2H])([2H])c1ccc(-c2cc(C([2H])([2H])C(C)C)c([Si](C)(C)C)cn2)c(C([2H])([2H])[2H])c1. The average Bonchev–Trinajstić information content (AvgIpc) is 2.58. The van der Waals surface area contributed by atoms with E-state index < -0.39 is 28.2 Å². The molecule has 118 valence electrons. The first-order valence-corrected chi connectivity index (χ1v) is 11.0. The fourth-order valence-electron chi connectivity index (χ4n) is 2.40. The van der Waals surface area contributed by atoms with Crippen molar-refractivity contribution in [2.24, 2.45) is 5.92 Å². The van der Waals surface area contributed by atoms with Crippen molar-refractivity contribution in [3.63, 3.8) is 0 Å². The van der Waals surface area contributed by atoms with Gasteiger partial charge in [-0.15, -0.1) is 0 Å². The third-order valence-corrected chi connectivity index (χ3v) is 5.47. The molecule has 0 unspecified atom stereocenters. The van der Waals surface area contributed by atoms with Crippen LogP contribution in [0.15, 0.2) is 30.5 Å². The predicted molar refractivity (Wildman–Crippen MR) is 101 cm³/mol. The lowest BCUT2D eigenvalue weighted by atomic mass is 9.98. The summed E-state index contributed by atoms with van der Waals surface area (Å²) in [7, 11) is -1.93. The molecule has 0 fully saturated rings. The lowest BCUT2D eigenvalue weighted by molar-refractivity contribution is 0.649. The molecule has 1 nitrogen and oxygen atoms in total. The van der Waals surface area contributed by atoms with Crippen molar-refractivity contribution in [3.05, 3.63) is 47.2 Å². The summed E-state index contributed by atoms with van der Waals surface area (Å²) in [6.07, 6.45) is 0.0458. The zero-order chi connectivity index (χ0) is 23.3. The molecule has 0 aliphatic heterocycles. The van der Waals surface area contributed by atoms with Crippen LogP contribution in [0.5, 0.6) is 0 Å². The van der Waals surface area contributed by atoms with E-state index in [2.05, 4.69) is 24.6 Å². The van der Waals surface area contributed by atoms with Gasteiger partial charge in [0.2, 0.25) is 0 Å². The Hall–Kier alpha value is -1.41. The lowest BCUT2D eigenvalue weighted by Gasteiger charge is -2.22. The molecule has 0 N–H and O–H groups in total. The summed E-state index contributed by atoms with van der Waals surface area (Å²) in [6, 6.07) is 5.70. The molecule has 22 heavy (non-hydrogen) atoms. The highest BCUT2D eigenvalue weighted by atomic mass is 28.3. The fourth-order valence-corrected chi connectivity index (χ4v) is 3.80. The number of hydrogen-bond donors (Lipinski definition) is 0. The van der Waals surface area contributed by atoms with E-state index in [1.54, 1.807) is 12.3 Å². The first-order chi connectivity index (χ1) is 13.4. The van der Waals surface area contributed by atoms with Crippen LogP contribution in [0.2, 0.25) is 19.6 Å². The first kappa shape index (κ1) is 9.02. The molecule has 0 bridgehead atoms. The predicted octanol–water partition coefficient (Wildman–Crippen LogP) is 5.11. The Kier molecular flexibility index (Phi) is 2.61. The Morgan fingerprint density at radius 1 is 1.18 bits per heavy atom. The van der Waals surface area contributed by atoms with Gasteiger partial charge in [0.25, 0.3) is 0 Å². The summed E-state index contributed by atoms with van der Waals surface area (Å²) >= 11 is 0. The van der Waals surface area contributed by atoms with Crippen molar-refractivity contribution in [3.8, 4) is 11.3 Å². The molecule has 2 rings (SSSR count). The Bertz CT molecular complexity index is 924. The number of benzene rings is 1. The van der Waals surface area contributed by atoms with Crippen molar-refractivity contribution in [2.45, 2.75) is 53.6 Å². The summed E-state index contributed by atoms with van der Waals surface area (Å²) in [4.78, 5) is 4.49. The molecule has 0 aliphatic rings. The Balaban J connectivity index is 2.83. The summed E-state index contributed by atoms with van der Waals surface area (Å²) < 4.78 is 63.9. The van der Waals surface area contributed by atoms with E-state index in [1.165, 1.54) is 18.2 Å². The summed E-state index contributed by atoms with van der Waals surface area (Å²) in [5.74, 6) is -0.289. The van der Waals surface area contributed by atoms with Crippen molar-refractivity contribution in [1.82, 2.24) is 4.98 Å². The molecule has 1 aromatic heterocycles. The number of aromatic nitrogens is 1. The third-order valence-electron chi connectivity index (χ3n) is 3.45. The normalized spacial score (nSPS) is 19.2. The molecule has 1 aromatic carbocycles. The zero-order valence-electron chi connectivity index (χ0n) is 21.9. The second kappa shape index (κ2) is 6.37. The van der Waals surface area contributed by atoms with Gasteiger partial charge in [0.1, 0.15) is 0 Å². The molecule has 0 saturated heterocycles. The molecule has 0 atom stereocenters. The average molecular weight is 320 g/mol. The minimum atomic E-state index is -2.53. The van der Waals surface area contributed by atoms with Crippen molar-refractivity contribution in [2.75, 3.05) is 0 Å². The summed E-state index contributed by atoms with van der Waals surface area (Å²) in [6.45, 7) is 5.01. The largest absolute Gasteiger partial charge is 0.256 e. The van der Waals surface area contributed by atoms with E-state index in [4.69, 9.17) is 11.0 Å². The fraction of sp³-hybridized carbons (Fsp3) is 0.450. The van der Waals surface area contributed by atoms with Crippen molar-refractivity contribution in [1.29, 1.82) is 0 Å². The molecule has 0 spiro atoms. The van der Waals surface area contributed by atoms with Gasteiger partial charge in [-0.25, -0.2) is 0 Å². The summed E-state index contributed by atoms with van der Waals surface area (Å²) in [5, 5.41) is 0.888. The maximum atomic E-state index is 8.67. The molecule has 0 saturated carbocycles. The standard InChI is InChI=1S/C20H29NSi/c1-14(2)10-17-12-19(21-13-20(17)22(5,6)7)18-9-8-15(3)11-16(18)4/h8-9,11-14H,10H2,1-7H3/i3D3,4D3,10D2. The molecule has 2 aromatic rings. The number of hydrogen-bond acceptors (Lipinski definition) is 1. The Morgan fingerprint density at radius 2 is 1.95 bits per heavy atom. The van der Waals surface area contributed by atoms with Crippen LogP contribution in [0.25, 0.3) is 11.3 Å². The first-order valence-electron chi connectivity index (χ1n) is 11.5. The van der Waals surface area contributed by atoms with Crippen molar-refractivity contribution >= 4 is 13.3 Å². The van der Waals surface area contributed by atoms with Crippen LogP contribution in [-0.2, 0) is 6.37 Å². The van der Waals surface area contributed by atoms with Crippen molar-refractivity contribution < 1.29 is 11.0 Å². The number of aryl methyl sites for hydroxylation is 2. The molecule has 0 aliphatic carbocycles. The highest BCUT2D eigenvalue weighted by Crippen LogP contribution is 2.24. The zero-order valence-corrected chi connectivity index (χ0v) is 14.9. The highest BCUT2D eigenvalue weighted by Gasteiger charge is 2.22. The molecule has 0 radical (unpaired) electrons. The van der Waals surface area contributed by atoms with E-state index in [0.717, 1.165) is 5.19 Å². The monoisotopic (exact) mass is 319 g/mol. The van der Waals surface area contributed by atoms with Crippen LogP contribution in [0.1, 0.15) is 41.5 Å². The van der Waals surface area contributed by atoms with Gasteiger partial charge in [-0.1, -0.05) is 57.3 Å². The lowest BCUT2D eigenvalue weighted by Crippen LogP contribution is -2.40. The van der Waals surface area contributed by atoms with Crippen LogP contribution >= 0.6 is 0 Å². The number of nitrogens with zero attached hydrogens (tertiary/aromatic N) is 1. The van der Waals surface area contributed by atoms with Gasteiger partial charge in [-0.2, -0.15) is 0 Å². The summed E-state index contributed by atoms with van der Waals surface area (Å²) in [5.41, 5.74) is 1.01. The number of rotatable bonds is 4. The van der Waals surface area contributed by atoms with Gasteiger partial charge < -0.3 is 0 Å². The Morgan fingerprint density at radius 3 is 2.55 bits per heavy atom. The molecular formula is C20H29NSi. The van der Waals surface area contributed by atoms with Gasteiger partial charge in [0.15, 0.2) is 0 Å². The molecule has 2 heteroatoms. The van der Waals surface area contributed by atoms with E-state index in [9.17, 15) is 0 Å². The van der Waals surface area contributed by atoms with E-state index >= 15 is 0 Å². The van der Waals surface area contributed by atoms with E-state index in [1.807, 2.05) is 13.8 Å². The smallest absolute Gasteiger partial charge is 0.0799 e. The Labute approximate surface area is 148 Å². The topological polar surface area (TPSA) is 12.9 Å². The quantitative estimate of drug-likeness (QED) is 0.714. The van der Waals surface area contributed by atoms with Gasteiger partial charge in [-0.05, 0) is 48.4 Å². The second-order valence-corrected chi connectivity index (χ2v) is 12.0. The van der Waals surface area contributed by atoms with Gasteiger partial charge in [0, 0.05) is 22.7 Å². The molecule has 1 heterocycles. The van der Waals surface area contributed by atoms with Crippen LogP contribution < -0.4 is 5.19 Å². The number of pyridine rings is 1.